The number of carbonyl (C=O) groups excluding carboxylic acids is 1. The molecular formula is C21H16O3. The van der Waals surface area contributed by atoms with E-state index in [-0.39, 0.29) is 12.6 Å². The van der Waals surface area contributed by atoms with E-state index in [0.29, 0.717) is 17.7 Å². The molecule has 0 saturated carbocycles. The van der Waals surface area contributed by atoms with Crippen molar-refractivity contribution in [1.82, 2.24) is 0 Å². The van der Waals surface area contributed by atoms with E-state index >= 15 is 0 Å². The predicted molar refractivity (Wildman–Crippen MR) is 92.5 cm³/mol. The summed E-state index contributed by atoms with van der Waals surface area (Å²) in [6.45, 7) is 0.244. The van der Waals surface area contributed by atoms with E-state index in [0.717, 1.165) is 22.4 Å². The molecular weight excluding hydrogens is 300 g/mol. The molecule has 1 aliphatic heterocycles. The number of fused-ring (bicyclic) bond motifs is 1. The minimum atomic E-state index is 0.0912. The van der Waals surface area contributed by atoms with Crippen LogP contribution in [0.3, 0.4) is 0 Å². The van der Waals surface area contributed by atoms with Gasteiger partial charge < -0.3 is 9.47 Å². The summed E-state index contributed by atoms with van der Waals surface area (Å²) in [6, 6.07) is 23.5. The van der Waals surface area contributed by atoms with E-state index in [1.54, 1.807) is 0 Å². The average molecular weight is 316 g/mol. The maximum Gasteiger partial charge on any atom is 0.231 e. The van der Waals surface area contributed by atoms with Crippen molar-refractivity contribution in [3.63, 3.8) is 0 Å². The number of ketones is 1. The van der Waals surface area contributed by atoms with E-state index in [2.05, 4.69) is 12.1 Å². The summed E-state index contributed by atoms with van der Waals surface area (Å²) >= 11 is 0. The SMILES string of the molecule is O=C(Cc1ccc2c(c1)OCO2)c1ccc(-c2ccccc2)cc1. The molecule has 0 radical (unpaired) electrons. The normalized spacial score (nSPS) is 12.2. The molecule has 0 aliphatic carbocycles. The smallest absolute Gasteiger partial charge is 0.231 e. The number of benzene rings is 3. The minimum Gasteiger partial charge on any atom is -0.454 e. The van der Waals surface area contributed by atoms with Crippen LogP contribution in [0, 0.1) is 0 Å². The van der Waals surface area contributed by atoms with Gasteiger partial charge in [-0.3, -0.25) is 4.79 Å². The molecule has 3 aromatic rings. The van der Waals surface area contributed by atoms with Gasteiger partial charge in [0.1, 0.15) is 0 Å². The lowest BCUT2D eigenvalue weighted by Crippen LogP contribution is -2.03. The maximum atomic E-state index is 12.5. The maximum absolute atomic E-state index is 12.5. The van der Waals surface area contributed by atoms with Gasteiger partial charge in [0.05, 0.1) is 0 Å². The van der Waals surface area contributed by atoms with Gasteiger partial charge in [-0.1, -0.05) is 60.7 Å². The van der Waals surface area contributed by atoms with Crippen molar-refractivity contribution in [1.29, 1.82) is 0 Å². The molecule has 0 bridgehead atoms. The van der Waals surface area contributed by atoms with Crippen LogP contribution in [-0.2, 0) is 6.42 Å². The largest absolute Gasteiger partial charge is 0.454 e. The standard InChI is InChI=1S/C21H16O3/c22-19(12-15-6-11-20-21(13-15)24-14-23-20)18-9-7-17(8-10-18)16-4-2-1-3-5-16/h1-11,13H,12,14H2. The molecule has 3 heteroatoms. The molecule has 0 fully saturated rings. The molecule has 3 aromatic carbocycles. The molecule has 118 valence electrons. The van der Waals surface area contributed by atoms with Crippen molar-refractivity contribution in [2.75, 3.05) is 6.79 Å². The van der Waals surface area contributed by atoms with Gasteiger partial charge in [0.2, 0.25) is 6.79 Å². The highest BCUT2D eigenvalue weighted by Gasteiger charge is 2.15. The summed E-state index contributed by atoms with van der Waals surface area (Å²) in [5.74, 6) is 1.53. The molecule has 0 saturated heterocycles. The summed E-state index contributed by atoms with van der Waals surface area (Å²) in [4.78, 5) is 12.5. The second kappa shape index (κ2) is 6.20. The van der Waals surface area contributed by atoms with Crippen LogP contribution in [0.15, 0.2) is 72.8 Å². The molecule has 0 N–H and O–H groups in total. The van der Waals surface area contributed by atoms with Crippen LogP contribution in [0.1, 0.15) is 15.9 Å². The zero-order valence-electron chi connectivity index (χ0n) is 13.1. The van der Waals surface area contributed by atoms with Gasteiger partial charge in [0.25, 0.3) is 0 Å². The average Bonchev–Trinajstić information content (AvgIpc) is 3.10. The topological polar surface area (TPSA) is 35.5 Å². The number of rotatable bonds is 4. The summed E-state index contributed by atoms with van der Waals surface area (Å²) in [5.41, 5.74) is 3.89. The van der Waals surface area contributed by atoms with E-state index in [4.69, 9.17) is 9.47 Å². The van der Waals surface area contributed by atoms with Gasteiger partial charge in [-0.25, -0.2) is 0 Å². The summed E-state index contributed by atoms with van der Waals surface area (Å²) in [6.07, 6.45) is 0.349. The van der Waals surface area contributed by atoms with Crippen LogP contribution in [0.4, 0.5) is 0 Å². The summed E-state index contributed by atoms with van der Waals surface area (Å²) in [5, 5.41) is 0. The lowest BCUT2D eigenvalue weighted by molar-refractivity contribution is 0.0993. The van der Waals surface area contributed by atoms with E-state index in [9.17, 15) is 4.79 Å². The van der Waals surface area contributed by atoms with Crippen molar-refractivity contribution in [2.24, 2.45) is 0 Å². The van der Waals surface area contributed by atoms with Gasteiger partial charge in [0.15, 0.2) is 17.3 Å². The fourth-order valence-electron chi connectivity index (χ4n) is 2.82. The third-order valence-corrected chi connectivity index (χ3v) is 4.12. The lowest BCUT2D eigenvalue weighted by Gasteiger charge is -2.05. The highest BCUT2D eigenvalue weighted by Crippen LogP contribution is 2.32. The molecule has 0 amide bonds. The minimum absolute atomic E-state index is 0.0912. The molecule has 4 rings (SSSR count). The van der Waals surface area contributed by atoms with Gasteiger partial charge in [-0.15, -0.1) is 0 Å². The summed E-state index contributed by atoms with van der Waals surface area (Å²) < 4.78 is 10.6. The van der Waals surface area contributed by atoms with E-state index < -0.39 is 0 Å². The first-order valence-corrected chi connectivity index (χ1v) is 7.87. The lowest BCUT2D eigenvalue weighted by atomic mass is 9.99. The molecule has 0 spiro atoms. The van der Waals surface area contributed by atoms with Crippen molar-refractivity contribution in [2.45, 2.75) is 6.42 Å². The van der Waals surface area contributed by atoms with Gasteiger partial charge in [0, 0.05) is 12.0 Å². The van der Waals surface area contributed by atoms with E-state index in [1.165, 1.54) is 0 Å². The number of ether oxygens (including phenoxy) is 2. The van der Waals surface area contributed by atoms with Crippen molar-refractivity contribution < 1.29 is 14.3 Å². The Morgan fingerprint density at radius 3 is 2.29 bits per heavy atom. The van der Waals surface area contributed by atoms with Crippen LogP contribution in [-0.4, -0.2) is 12.6 Å². The van der Waals surface area contributed by atoms with Crippen molar-refractivity contribution >= 4 is 5.78 Å². The Morgan fingerprint density at radius 2 is 1.50 bits per heavy atom. The van der Waals surface area contributed by atoms with Crippen LogP contribution >= 0.6 is 0 Å². The fourth-order valence-corrected chi connectivity index (χ4v) is 2.82. The molecule has 24 heavy (non-hydrogen) atoms. The molecule has 0 atom stereocenters. The third kappa shape index (κ3) is 2.88. The zero-order valence-corrected chi connectivity index (χ0v) is 13.1. The molecule has 3 nitrogen and oxygen atoms in total. The molecule has 1 heterocycles. The third-order valence-electron chi connectivity index (χ3n) is 4.12. The Kier molecular flexibility index (Phi) is 3.75. The van der Waals surface area contributed by atoms with Crippen LogP contribution in [0.2, 0.25) is 0 Å². The second-order valence-corrected chi connectivity index (χ2v) is 5.73. The Labute approximate surface area is 140 Å². The highest BCUT2D eigenvalue weighted by atomic mass is 16.7. The summed E-state index contributed by atoms with van der Waals surface area (Å²) in [7, 11) is 0. The first kappa shape index (κ1) is 14.5. The Morgan fingerprint density at radius 1 is 0.792 bits per heavy atom. The van der Waals surface area contributed by atoms with E-state index in [1.807, 2.05) is 60.7 Å². The van der Waals surface area contributed by atoms with Crippen molar-refractivity contribution in [3.8, 4) is 22.6 Å². The highest BCUT2D eigenvalue weighted by molar-refractivity contribution is 5.98. The van der Waals surface area contributed by atoms with Gasteiger partial charge in [-0.2, -0.15) is 0 Å². The molecule has 0 unspecified atom stereocenters. The molecule has 1 aliphatic rings. The molecule has 0 aromatic heterocycles. The second-order valence-electron chi connectivity index (χ2n) is 5.73. The number of hydrogen-bond acceptors (Lipinski definition) is 3. The van der Waals surface area contributed by atoms with Crippen LogP contribution < -0.4 is 9.47 Å². The Hall–Kier alpha value is -3.07. The Bertz CT molecular complexity index is 867. The first-order chi connectivity index (χ1) is 11.8. The van der Waals surface area contributed by atoms with Crippen molar-refractivity contribution in [3.05, 3.63) is 83.9 Å². The fraction of sp³-hybridized carbons (Fsp3) is 0.0952. The zero-order chi connectivity index (χ0) is 16.4. The van der Waals surface area contributed by atoms with Crippen LogP contribution in [0.5, 0.6) is 11.5 Å². The first-order valence-electron chi connectivity index (χ1n) is 7.87. The van der Waals surface area contributed by atoms with Gasteiger partial charge in [-0.05, 0) is 28.8 Å². The predicted octanol–water partition coefficient (Wildman–Crippen LogP) is 4.51. The number of Topliss-reactive ketones (excluding diaryl/α,β-unsaturated/α-hetero) is 1. The number of hydrogen-bond donors (Lipinski definition) is 0. The number of carbonyl (C=O) groups is 1. The van der Waals surface area contributed by atoms with Gasteiger partial charge >= 0.3 is 0 Å². The Balaban J connectivity index is 1.50. The quantitative estimate of drug-likeness (QED) is 0.664. The van der Waals surface area contributed by atoms with Crippen LogP contribution in [0.25, 0.3) is 11.1 Å². The monoisotopic (exact) mass is 316 g/mol.